The van der Waals surface area contributed by atoms with E-state index in [1.54, 1.807) is 0 Å². The Kier molecular flexibility index (Phi) is 6.16. The SMILES string of the molecule is C#CCN=C1NC(=O)SC1=CC1C[C@@H]2CN(c3ccc(C(F)(F)F)cc3C(F)(F)F)C[C@@H]2C1. The van der Waals surface area contributed by atoms with Crippen molar-refractivity contribution in [3.8, 4) is 12.3 Å². The number of alkyl halides is 6. The molecule has 0 aromatic heterocycles. The molecule has 1 N–H and O–H groups in total. The van der Waals surface area contributed by atoms with Crippen molar-refractivity contribution < 1.29 is 31.1 Å². The summed E-state index contributed by atoms with van der Waals surface area (Å²) in [6, 6.07) is 1.81. The fourth-order valence-corrected chi connectivity index (χ4v) is 5.62. The maximum absolute atomic E-state index is 13.5. The lowest BCUT2D eigenvalue weighted by Crippen LogP contribution is -2.25. The van der Waals surface area contributed by atoms with Crippen molar-refractivity contribution in [2.24, 2.45) is 22.7 Å². The lowest BCUT2D eigenvalue weighted by atomic mass is 10.0. The van der Waals surface area contributed by atoms with Gasteiger partial charge in [-0.05, 0) is 60.6 Å². The van der Waals surface area contributed by atoms with Gasteiger partial charge in [0.05, 0.1) is 16.0 Å². The third-order valence-electron chi connectivity index (χ3n) is 6.13. The summed E-state index contributed by atoms with van der Waals surface area (Å²) in [5.41, 5.74) is -2.80. The van der Waals surface area contributed by atoms with Crippen molar-refractivity contribution in [3.05, 3.63) is 40.3 Å². The lowest BCUT2D eigenvalue weighted by Gasteiger charge is -2.25. The van der Waals surface area contributed by atoms with Crippen LogP contribution in [-0.2, 0) is 12.4 Å². The molecule has 4 rings (SSSR count). The summed E-state index contributed by atoms with van der Waals surface area (Å²) in [5, 5.41) is 2.40. The summed E-state index contributed by atoms with van der Waals surface area (Å²) < 4.78 is 79.5. The molecule has 33 heavy (non-hydrogen) atoms. The average molecular weight is 487 g/mol. The quantitative estimate of drug-likeness (QED) is 0.449. The first kappa shape index (κ1) is 23.5. The van der Waals surface area contributed by atoms with Crippen LogP contribution in [0.2, 0.25) is 0 Å². The second-order valence-corrected chi connectivity index (χ2v) is 9.31. The largest absolute Gasteiger partial charge is 0.418 e. The number of carbonyl (C=O) groups excluding carboxylic acids is 1. The highest BCUT2D eigenvalue weighted by Crippen LogP contribution is 2.47. The molecule has 2 heterocycles. The molecular formula is C22H19F6N3OS. The molecule has 0 bridgehead atoms. The van der Waals surface area contributed by atoms with Gasteiger partial charge in [0, 0.05) is 18.8 Å². The minimum Gasteiger partial charge on any atom is -0.370 e. The van der Waals surface area contributed by atoms with Gasteiger partial charge in [-0.15, -0.1) is 6.42 Å². The van der Waals surface area contributed by atoms with Crippen molar-refractivity contribution in [3.63, 3.8) is 0 Å². The second kappa shape index (κ2) is 8.63. The van der Waals surface area contributed by atoms with Crippen LogP contribution in [0.1, 0.15) is 24.0 Å². The molecule has 0 radical (unpaired) electrons. The number of anilines is 1. The molecule has 3 aliphatic rings. The van der Waals surface area contributed by atoms with E-state index in [-0.39, 0.29) is 41.3 Å². The van der Waals surface area contributed by atoms with Gasteiger partial charge in [0.1, 0.15) is 12.4 Å². The smallest absolute Gasteiger partial charge is 0.370 e. The van der Waals surface area contributed by atoms with Gasteiger partial charge in [-0.2, -0.15) is 26.3 Å². The number of carbonyl (C=O) groups is 1. The Morgan fingerprint density at radius 2 is 1.82 bits per heavy atom. The van der Waals surface area contributed by atoms with Gasteiger partial charge in [-0.3, -0.25) is 9.79 Å². The van der Waals surface area contributed by atoms with Crippen LogP contribution in [0.15, 0.2) is 34.2 Å². The monoisotopic (exact) mass is 487 g/mol. The number of amides is 1. The molecule has 1 aliphatic carbocycles. The van der Waals surface area contributed by atoms with Crippen LogP contribution in [0.4, 0.5) is 36.8 Å². The molecule has 1 saturated carbocycles. The fourth-order valence-electron chi connectivity index (χ4n) is 4.80. The normalized spacial score (nSPS) is 27.8. The summed E-state index contributed by atoms with van der Waals surface area (Å²) in [4.78, 5) is 18.1. The molecule has 1 aromatic rings. The van der Waals surface area contributed by atoms with Gasteiger partial charge in [0.15, 0.2) is 0 Å². The molecule has 2 saturated heterocycles. The Labute approximate surface area is 190 Å². The average Bonchev–Trinajstić information content (AvgIpc) is 3.37. The van der Waals surface area contributed by atoms with Gasteiger partial charge < -0.3 is 10.2 Å². The fraction of sp³-hybridized carbons (Fsp3) is 0.455. The molecule has 3 fully saturated rings. The van der Waals surface area contributed by atoms with E-state index in [0.29, 0.717) is 42.7 Å². The van der Waals surface area contributed by atoms with Gasteiger partial charge in [0.25, 0.3) is 5.24 Å². The van der Waals surface area contributed by atoms with Gasteiger partial charge >= 0.3 is 12.4 Å². The molecule has 0 spiro atoms. The van der Waals surface area contributed by atoms with Crippen molar-refractivity contribution in [2.75, 3.05) is 24.5 Å². The molecule has 176 valence electrons. The van der Waals surface area contributed by atoms with E-state index in [0.717, 1.165) is 17.8 Å². The zero-order chi connectivity index (χ0) is 24.0. The maximum atomic E-state index is 13.5. The Balaban J connectivity index is 1.49. The first-order valence-corrected chi connectivity index (χ1v) is 11.0. The van der Waals surface area contributed by atoms with Crippen LogP contribution >= 0.6 is 11.8 Å². The van der Waals surface area contributed by atoms with Crippen LogP contribution in [-0.4, -0.2) is 30.7 Å². The minimum absolute atomic E-state index is 0.108. The van der Waals surface area contributed by atoms with Crippen molar-refractivity contribution in [2.45, 2.75) is 25.2 Å². The third-order valence-corrected chi connectivity index (χ3v) is 6.97. The number of thioether (sulfide) groups is 1. The van der Waals surface area contributed by atoms with Gasteiger partial charge in [-0.25, -0.2) is 0 Å². The number of rotatable bonds is 3. The second-order valence-electron chi connectivity index (χ2n) is 8.30. The number of halogens is 6. The van der Waals surface area contributed by atoms with E-state index in [1.807, 2.05) is 6.08 Å². The summed E-state index contributed by atoms with van der Waals surface area (Å²) in [5.74, 6) is 3.15. The zero-order valence-corrected chi connectivity index (χ0v) is 17.9. The summed E-state index contributed by atoms with van der Waals surface area (Å²) in [6.45, 7) is 0.801. The van der Waals surface area contributed by atoms with E-state index < -0.39 is 23.5 Å². The minimum atomic E-state index is -4.89. The maximum Gasteiger partial charge on any atom is 0.418 e. The molecule has 1 amide bonds. The standard InChI is InChI=1S/C22H19F6N3OS/c1-2-5-29-19-18(33-20(32)30-19)8-12-6-13-10-31(11-14(13)7-12)17-4-3-15(21(23,24)25)9-16(17)22(26,27)28/h1,3-4,8-9,12-14H,5-7,10-11H2,(H,29,30,32)/t12?,13-,14+. The van der Waals surface area contributed by atoms with E-state index in [9.17, 15) is 31.1 Å². The van der Waals surface area contributed by atoms with Crippen LogP contribution < -0.4 is 10.2 Å². The van der Waals surface area contributed by atoms with Crippen LogP contribution in [0, 0.1) is 30.1 Å². The lowest BCUT2D eigenvalue weighted by molar-refractivity contribution is -0.142. The molecular weight excluding hydrogens is 468 g/mol. The number of amidine groups is 1. The van der Waals surface area contributed by atoms with E-state index in [2.05, 4.69) is 16.2 Å². The molecule has 1 unspecified atom stereocenters. The van der Waals surface area contributed by atoms with Gasteiger partial charge in [-0.1, -0.05) is 12.0 Å². The van der Waals surface area contributed by atoms with E-state index >= 15 is 0 Å². The van der Waals surface area contributed by atoms with Crippen molar-refractivity contribution in [1.29, 1.82) is 0 Å². The molecule has 2 aliphatic heterocycles. The summed E-state index contributed by atoms with van der Waals surface area (Å²) in [6.07, 6.45) is -1.15. The number of terminal acetylenes is 1. The molecule has 1 aromatic carbocycles. The number of aliphatic imine (C=N–C) groups is 1. The highest BCUT2D eigenvalue weighted by Gasteiger charge is 2.44. The summed E-state index contributed by atoms with van der Waals surface area (Å²) in [7, 11) is 0. The van der Waals surface area contributed by atoms with E-state index in [4.69, 9.17) is 6.42 Å². The first-order valence-electron chi connectivity index (χ1n) is 10.2. The van der Waals surface area contributed by atoms with Crippen LogP contribution in [0.3, 0.4) is 0 Å². The highest BCUT2D eigenvalue weighted by molar-refractivity contribution is 8.18. The number of benzene rings is 1. The zero-order valence-electron chi connectivity index (χ0n) is 17.1. The van der Waals surface area contributed by atoms with Crippen molar-refractivity contribution >= 4 is 28.5 Å². The number of fused-ring (bicyclic) bond motifs is 1. The predicted molar refractivity (Wildman–Crippen MR) is 114 cm³/mol. The Morgan fingerprint density at radius 3 is 2.39 bits per heavy atom. The highest BCUT2D eigenvalue weighted by atomic mass is 32.2. The van der Waals surface area contributed by atoms with Gasteiger partial charge in [0.2, 0.25) is 0 Å². The number of hydrogen-bond donors (Lipinski definition) is 1. The number of allylic oxidation sites excluding steroid dienone is 1. The van der Waals surface area contributed by atoms with Crippen molar-refractivity contribution in [1.82, 2.24) is 5.32 Å². The first-order chi connectivity index (χ1) is 15.5. The van der Waals surface area contributed by atoms with Crippen LogP contribution in [0.25, 0.3) is 0 Å². The number of nitrogens with zero attached hydrogens (tertiary/aromatic N) is 2. The Morgan fingerprint density at radius 1 is 1.15 bits per heavy atom. The Bertz CT molecular complexity index is 1040. The van der Waals surface area contributed by atoms with E-state index in [1.165, 1.54) is 4.90 Å². The molecule has 4 nitrogen and oxygen atoms in total. The number of hydrogen-bond acceptors (Lipinski definition) is 4. The third kappa shape index (κ3) is 5.00. The molecule has 3 atom stereocenters. The Hall–Kier alpha value is -2.61. The number of nitrogens with one attached hydrogen (secondary N) is 1. The summed E-state index contributed by atoms with van der Waals surface area (Å²) >= 11 is 1.03. The van der Waals surface area contributed by atoms with Crippen LogP contribution in [0.5, 0.6) is 0 Å². The predicted octanol–water partition coefficient (Wildman–Crippen LogP) is 5.56. The molecule has 11 heteroatoms. The topological polar surface area (TPSA) is 44.7 Å².